The minimum absolute atomic E-state index is 0.296. The molecule has 1 N–H and O–H groups in total. The summed E-state index contributed by atoms with van der Waals surface area (Å²) in [5, 5.41) is 4.86. The van der Waals surface area contributed by atoms with E-state index < -0.39 is 0 Å². The van der Waals surface area contributed by atoms with Crippen molar-refractivity contribution in [1.82, 2.24) is 10.2 Å². The maximum absolute atomic E-state index is 4.92. The third-order valence-corrected chi connectivity index (χ3v) is 6.41. The van der Waals surface area contributed by atoms with Gasteiger partial charge in [-0.2, -0.15) is 0 Å². The second kappa shape index (κ2) is 6.04. The SMILES string of the molecule is CCC1(CC)CSC(=NCC2(N(C)C)CCCC2)N1. The molecular formula is C15H29N3S. The molecule has 19 heavy (non-hydrogen) atoms. The Bertz CT molecular complexity index is 328. The largest absolute Gasteiger partial charge is 0.359 e. The Labute approximate surface area is 122 Å². The fourth-order valence-corrected chi connectivity index (χ4v) is 4.56. The second-order valence-corrected chi connectivity index (χ2v) is 7.31. The van der Waals surface area contributed by atoms with Crippen molar-refractivity contribution < 1.29 is 0 Å². The lowest BCUT2D eigenvalue weighted by Gasteiger charge is -2.35. The number of hydrogen-bond acceptors (Lipinski definition) is 3. The van der Waals surface area contributed by atoms with Crippen molar-refractivity contribution in [3.63, 3.8) is 0 Å². The monoisotopic (exact) mass is 283 g/mol. The first kappa shape index (κ1) is 15.2. The van der Waals surface area contributed by atoms with E-state index in [-0.39, 0.29) is 0 Å². The lowest BCUT2D eigenvalue weighted by molar-refractivity contribution is 0.167. The molecule has 0 spiro atoms. The zero-order valence-corrected chi connectivity index (χ0v) is 13.8. The highest BCUT2D eigenvalue weighted by Crippen LogP contribution is 2.35. The molecule has 1 saturated carbocycles. The first-order chi connectivity index (χ1) is 9.06. The second-order valence-electron chi connectivity index (χ2n) is 6.35. The van der Waals surface area contributed by atoms with Gasteiger partial charge in [0.05, 0.1) is 6.54 Å². The van der Waals surface area contributed by atoms with E-state index in [0.29, 0.717) is 11.1 Å². The standard InChI is InChI=1S/C15H29N3S/c1-5-14(6-2)12-19-13(17-14)16-11-15(18(3)4)9-7-8-10-15/h5-12H2,1-4H3,(H,16,17). The lowest BCUT2D eigenvalue weighted by Crippen LogP contribution is -2.45. The number of thioether (sulfide) groups is 1. The van der Waals surface area contributed by atoms with Crippen molar-refractivity contribution >= 4 is 16.9 Å². The van der Waals surface area contributed by atoms with Crippen LogP contribution in [0.15, 0.2) is 4.99 Å². The van der Waals surface area contributed by atoms with E-state index in [1.165, 1.54) is 49.4 Å². The fourth-order valence-electron chi connectivity index (χ4n) is 3.22. The summed E-state index contributed by atoms with van der Waals surface area (Å²) in [6.07, 6.45) is 7.69. The highest BCUT2D eigenvalue weighted by Gasteiger charge is 2.37. The summed E-state index contributed by atoms with van der Waals surface area (Å²) in [7, 11) is 4.42. The summed E-state index contributed by atoms with van der Waals surface area (Å²) in [5.74, 6) is 1.17. The van der Waals surface area contributed by atoms with Crippen LogP contribution < -0.4 is 5.32 Å². The van der Waals surface area contributed by atoms with Gasteiger partial charge < -0.3 is 10.2 Å². The van der Waals surface area contributed by atoms with Gasteiger partial charge in [-0.25, -0.2) is 0 Å². The van der Waals surface area contributed by atoms with Crippen LogP contribution in [0.1, 0.15) is 52.4 Å². The first-order valence-corrected chi connectivity index (χ1v) is 8.67. The molecule has 110 valence electrons. The van der Waals surface area contributed by atoms with Crippen molar-refractivity contribution in [3.05, 3.63) is 0 Å². The van der Waals surface area contributed by atoms with Crippen molar-refractivity contribution in [1.29, 1.82) is 0 Å². The number of aliphatic imine (C=N–C) groups is 1. The van der Waals surface area contributed by atoms with Crippen LogP contribution >= 0.6 is 11.8 Å². The molecule has 0 radical (unpaired) electrons. The topological polar surface area (TPSA) is 27.6 Å². The molecule has 0 aromatic carbocycles. The number of hydrogen-bond donors (Lipinski definition) is 1. The maximum atomic E-state index is 4.92. The van der Waals surface area contributed by atoms with Gasteiger partial charge >= 0.3 is 0 Å². The number of likely N-dealkylation sites (N-methyl/N-ethyl adjacent to an activating group) is 1. The quantitative estimate of drug-likeness (QED) is 0.840. The Balaban J connectivity index is 1.99. The predicted molar refractivity (Wildman–Crippen MR) is 86.1 cm³/mol. The maximum Gasteiger partial charge on any atom is 0.157 e. The van der Waals surface area contributed by atoms with Gasteiger partial charge in [0.2, 0.25) is 0 Å². The van der Waals surface area contributed by atoms with E-state index in [9.17, 15) is 0 Å². The van der Waals surface area contributed by atoms with Gasteiger partial charge in [0.1, 0.15) is 0 Å². The van der Waals surface area contributed by atoms with Crippen LogP contribution in [0.3, 0.4) is 0 Å². The number of nitrogens with one attached hydrogen (secondary N) is 1. The minimum atomic E-state index is 0.296. The molecular weight excluding hydrogens is 254 g/mol. The van der Waals surface area contributed by atoms with Gasteiger partial charge in [0, 0.05) is 16.8 Å². The van der Waals surface area contributed by atoms with E-state index in [1.807, 2.05) is 11.8 Å². The molecule has 1 saturated heterocycles. The molecule has 0 aromatic heterocycles. The molecule has 1 aliphatic heterocycles. The molecule has 1 aliphatic carbocycles. The Hall–Kier alpha value is -0.220. The van der Waals surface area contributed by atoms with Crippen LogP contribution in [-0.4, -0.2) is 47.5 Å². The zero-order chi connectivity index (χ0) is 13.9. The van der Waals surface area contributed by atoms with Crippen molar-refractivity contribution in [2.45, 2.75) is 63.5 Å². The van der Waals surface area contributed by atoms with E-state index in [1.54, 1.807) is 0 Å². The Morgan fingerprint density at radius 2 is 1.84 bits per heavy atom. The fraction of sp³-hybridized carbons (Fsp3) is 0.933. The summed E-state index contributed by atoms with van der Waals surface area (Å²) >= 11 is 1.91. The van der Waals surface area contributed by atoms with E-state index >= 15 is 0 Å². The Morgan fingerprint density at radius 1 is 1.21 bits per heavy atom. The highest BCUT2D eigenvalue weighted by molar-refractivity contribution is 8.14. The van der Waals surface area contributed by atoms with Gasteiger partial charge in [0.25, 0.3) is 0 Å². The van der Waals surface area contributed by atoms with Crippen molar-refractivity contribution in [3.8, 4) is 0 Å². The summed E-state index contributed by atoms with van der Waals surface area (Å²) in [4.78, 5) is 7.32. The lowest BCUT2D eigenvalue weighted by atomic mass is 9.95. The molecule has 0 bridgehead atoms. The van der Waals surface area contributed by atoms with Gasteiger partial charge in [-0.1, -0.05) is 38.5 Å². The van der Waals surface area contributed by atoms with Crippen LogP contribution in [0, 0.1) is 0 Å². The molecule has 2 fully saturated rings. The van der Waals surface area contributed by atoms with Gasteiger partial charge in [-0.3, -0.25) is 4.99 Å². The molecule has 2 aliphatic rings. The van der Waals surface area contributed by atoms with Crippen molar-refractivity contribution in [2.75, 3.05) is 26.4 Å². The smallest absolute Gasteiger partial charge is 0.157 e. The van der Waals surface area contributed by atoms with Gasteiger partial charge in [-0.05, 0) is 39.8 Å². The average Bonchev–Trinajstić information content (AvgIpc) is 3.05. The van der Waals surface area contributed by atoms with Crippen LogP contribution in [-0.2, 0) is 0 Å². The van der Waals surface area contributed by atoms with Crippen LogP contribution in [0.2, 0.25) is 0 Å². The molecule has 1 heterocycles. The molecule has 2 rings (SSSR count). The average molecular weight is 283 g/mol. The summed E-state index contributed by atoms with van der Waals surface area (Å²) < 4.78 is 0. The zero-order valence-electron chi connectivity index (χ0n) is 13.0. The molecule has 0 atom stereocenters. The summed E-state index contributed by atoms with van der Waals surface area (Å²) in [6, 6.07) is 0. The van der Waals surface area contributed by atoms with Crippen LogP contribution in [0.5, 0.6) is 0 Å². The molecule has 3 nitrogen and oxygen atoms in total. The van der Waals surface area contributed by atoms with Crippen molar-refractivity contribution in [2.24, 2.45) is 4.99 Å². The number of amidine groups is 1. The molecule has 0 amide bonds. The van der Waals surface area contributed by atoms with Crippen LogP contribution in [0.4, 0.5) is 0 Å². The van der Waals surface area contributed by atoms with Crippen LogP contribution in [0.25, 0.3) is 0 Å². The van der Waals surface area contributed by atoms with E-state index in [0.717, 1.165) is 6.54 Å². The normalized spacial score (nSPS) is 27.1. The number of rotatable bonds is 5. The third kappa shape index (κ3) is 3.10. The predicted octanol–water partition coefficient (Wildman–Crippen LogP) is 3.11. The van der Waals surface area contributed by atoms with E-state index in [4.69, 9.17) is 4.99 Å². The minimum Gasteiger partial charge on any atom is -0.359 e. The molecule has 4 heteroatoms. The molecule has 0 aromatic rings. The molecule has 0 unspecified atom stereocenters. The Kier molecular flexibility index (Phi) is 4.83. The Morgan fingerprint density at radius 3 is 2.32 bits per heavy atom. The third-order valence-electron chi connectivity index (χ3n) is 5.21. The highest BCUT2D eigenvalue weighted by atomic mass is 32.2. The summed E-state index contributed by atoms with van der Waals surface area (Å²) in [5.41, 5.74) is 0.614. The van der Waals surface area contributed by atoms with E-state index in [2.05, 4.69) is 38.2 Å². The van der Waals surface area contributed by atoms with Gasteiger partial charge in [0.15, 0.2) is 5.17 Å². The van der Waals surface area contributed by atoms with Gasteiger partial charge in [-0.15, -0.1) is 0 Å². The summed E-state index contributed by atoms with van der Waals surface area (Å²) in [6.45, 7) is 5.51. The number of nitrogens with zero attached hydrogens (tertiary/aromatic N) is 2. The first-order valence-electron chi connectivity index (χ1n) is 7.69.